The van der Waals surface area contributed by atoms with Crippen LogP contribution >= 0.6 is 24.0 Å². The van der Waals surface area contributed by atoms with Crippen LogP contribution in [0.5, 0.6) is 5.75 Å². The molecule has 0 aliphatic carbocycles. The average molecular weight is 573 g/mol. The SMILES string of the molecule is CCC(CS(=O)(=O)c1ccccc1)NC(=NC)N1CCN(c2ccccc2OC)CC1.I. The Labute approximate surface area is 208 Å². The predicted octanol–water partition coefficient (Wildman–Crippen LogP) is 3.26. The molecule has 1 aliphatic heterocycles. The Hall–Kier alpha value is -2.01. The first-order chi connectivity index (χ1) is 15.0. The molecule has 0 aromatic heterocycles. The minimum atomic E-state index is -3.37. The molecule has 7 nitrogen and oxygen atoms in total. The van der Waals surface area contributed by atoms with E-state index in [1.165, 1.54) is 0 Å². The highest BCUT2D eigenvalue weighted by Crippen LogP contribution is 2.28. The number of rotatable bonds is 7. The van der Waals surface area contributed by atoms with Crippen LogP contribution in [0.2, 0.25) is 0 Å². The maximum absolute atomic E-state index is 12.8. The Bertz CT molecular complexity index is 978. The highest BCUT2D eigenvalue weighted by atomic mass is 127. The molecule has 1 fully saturated rings. The number of anilines is 1. The Balaban J connectivity index is 0.00000363. The number of nitrogens with one attached hydrogen (secondary N) is 1. The summed E-state index contributed by atoms with van der Waals surface area (Å²) in [5.74, 6) is 1.65. The second kappa shape index (κ2) is 12.3. The lowest BCUT2D eigenvalue weighted by Crippen LogP contribution is -2.55. The molecule has 1 atom stereocenters. The fourth-order valence-corrected chi connectivity index (χ4v) is 5.39. The Morgan fingerprint density at radius 1 is 1.06 bits per heavy atom. The van der Waals surface area contributed by atoms with Gasteiger partial charge in [-0.2, -0.15) is 0 Å². The number of methoxy groups -OCH3 is 1. The van der Waals surface area contributed by atoms with Crippen molar-refractivity contribution >= 4 is 45.5 Å². The molecule has 2 aromatic carbocycles. The summed E-state index contributed by atoms with van der Waals surface area (Å²) in [6.07, 6.45) is 0.687. The fourth-order valence-electron chi connectivity index (χ4n) is 3.78. The second-order valence-corrected chi connectivity index (χ2v) is 9.57. The van der Waals surface area contributed by atoms with Gasteiger partial charge in [-0.1, -0.05) is 37.3 Å². The molecule has 1 unspecified atom stereocenters. The monoisotopic (exact) mass is 572 g/mol. The molecule has 9 heteroatoms. The van der Waals surface area contributed by atoms with Crippen molar-refractivity contribution in [3.8, 4) is 5.75 Å². The lowest BCUT2D eigenvalue weighted by Gasteiger charge is -2.38. The van der Waals surface area contributed by atoms with Crippen molar-refractivity contribution in [2.24, 2.45) is 4.99 Å². The van der Waals surface area contributed by atoms with E-state index in [0.29, 0.717) is 11.3 Å². The summed E-state index contributed by atoms with van der Waals surface area (Å²) in [4.78, 5) is 9.27. The average Bonchev–Trinajstić information content (AvgIpc) is 2.82. The molecule has 0 amide bonds. The van der Waals surface area contributed by atoms with Gasteiger partial charge in [0.2, 0.25) is 0 Å². The summed E-state index contributed by atoms with van der Waals surface area (Å²) in [5.41, 5.74) is 1.09. The first-order valence-electron chi connectivity index (χ1n) is 10.6. The molecule has 2 aromatic rings. The van der Waals surface area contributed by atoms with Crippen molar-refractivity contribution in [3.05, 3.63) is 54.6 Å². The predicted molar refractivity (Wildman–Crippen MR) is 141 cm³/mol. The van der Waals surface area contributed by atoms with Crippen LogP contribution in [-0.2, 0) is 9.84 Å². The largest absolute Gasteiger partial charge is 0.495 e. The summed E-state index contributed by atoms with van der Waals surface area (Å²) in [6.45, 7) is 5.24. The molecule has 0 radical (unpaired) electrons. The van der Waals surface area contributed by atoms with Crippen LogP contribution in [0, 0.1) is 0 Å². The van der Waals surface area contributed by atoms with Gasteiger partial charge in [-0.05, 0) is 30.7 Å². The van der Waals surface area contributed by atoms with Gasteiger partial charge in [0.05, 0.1) is 23.4 Å². The van der Waals surface area contributed by atoms with Crippen molar-refractivity contribution in [1.29, 1.82) is 0 Å². The molecular weight excluding hydrogens is 539 g/mol. The van der Waals surface area contributed by atoms with Crippen LogP contribution in [0.3, 0.4) is 0 Å². The van der Waals surface area contributed by atoms with E-state index in [9.17, 15) is 8.42 Å². The van der Waals surface area contributed by atoms with Crippen molar-refractivity contribution in [2.75, 3.05) is 51.0 Å². The Kier molecular flexibility index (Phi) is 10.1. The zero-order valence-electron chi connectivity index (χ0n) is 18.9. The van der Waals surface area contributed by atoms with Gasteiger partial charge in [0, 0.05) is 39.3 Å². The van der Waals surface area contributed by atoms with Crippen LogP contribution in [0.15, 0.2) is 64.5 Å². The third-order valence-corrected chi connectivity index (χ3v) is 7.40. The van der Waals surface area contributed by atoms with Gasteiger partial charge in [-0.15, -0.1) is 24.0 Å². The minimum absolute atomic E-state index is 0. The van der Waals surface area contributed by atoms with E-state index in [4.69, 9.17) is 4.74 Å². The zero-order chi connectivity index (χ0) is 22.3. The highest BCUT2D eigenvalue weighted by Gasteiger charge is 2.25. The minimum Gasteiger partial charge on any atom is -0.495 e. The molecule has 1 N–H and O–H groups in total. The normalized spacial score (nSPS) is 15.7. The Morgan fingerprint density at radius 2 is 1.69 bits per heavy atom. The number of hydrogen-bond acceptors (Lipinski definition) is 5. The summed E-state index contributed by atoms with van der Waals surface area (Å²) >= 11 is 0. The Morgan fingerprint density at radius 3 is 2.28 bits per heavy atom. The van der Waals surface area contributed by atoms with Crippen LogP contribution in [0.1, 0.15) is 13.3 Å². The number of halogens is 1. The standard InChI is InChI=1S/C23H32N4O3S.HI/c1-4-19(18-31(28,29)20-10-6-5-7-11-20)25-23(24-2)27-16-14-26(15-17-27)21-12-8-9-13-22(21)30-3;/h5-13,19H,4,14-18H2,1-3H3,(H,24,25);1H. The molecule has 0 bridgehead atoms. The number of hydrogen-bond donors (Lipinski definition) is 1. The summed E-state index contributed by atoms with van der Waals surface area (Å²) < 4.78 is 31.1. The third-order valence-electron chi connectivity index (χ3n) is 5.57. The van der Waals surface area contributed by atoms with Crippen LogP contribution < -0.4 is 15.0 Å². The number of piperazine rings is 1. The van der Waals surface area contributed by atoms with Crippen molar-refractivity contribution in [1.82, 2.24) is 10.2 Å². The van der Waals surface area contributed by atoms with Gasteiger partial charge in [0.25, 0.3) is 0 Å². The number of nitrogens with zero attached hydrogens (tertiary/aromatic N) is 3. The number of ether oxygens (including phenoxy) is 1. The maximum Gasteiger partial charge on any atom is 0.194 e. The molecule has 176 valence electrons. The van der Waals surface area contributed by atoms with E-state index < -0.39 is 9.84 Å². The van der Waals surface area contributed by atoms with Gasteiger partial charge in [0.1, 0.15) is 5.75 Å². The van der Waals surface area contributed by atoms with Crippen LogP contribution in [-0.4, -0.2) is 71.4 Å². The number of sulfone groups is 1. The zero-order valence-corrected chi connectivity index (χ0v) is 22.0. The summed E-state index contributed by atoms with van der Waals surface area (Å²) in [7, 11) is 0.0663. The van der Waals surface area contributed by atoms with E-state index in [1.807, 2.05) is 31.2 Å². The van der Waals surface area contributed by atoms with Gasteiger partial charge in [0.15, 0.2) is 15.8 Å². The summed E-state index contributed by atoms with van der Waals surface area (Å²) in [5, 5.41) is 3.38. The number of benzene rings is 2. The molecule has 32 heavy (non-hydrogen) atoms. The van der Waals surface area contributed by atoms with Gasteiger partial charge >= 0.3 is 0 Å². The summed E-state index contributed by atoms with van der Waals surface area (Å²) in [6, 6.07) is 16.4. The molecular formula is C23H33IN4O3S. The van der Waals surface area contributed by atoms with Crippen LogP contribution in [0.4, 0.5) is 5.69 Å². The molecule has 0 spiro atoms. The smallest absolute Gasteiger partial charge is 0.194 e. The second-order valence-electron chi connectivity index (χ2n) is 7.54. The molecule has 3 rings (SSSR count). The first-order valence-corrected chi connectivity index (χ1v) is 12.3. The molecule has 0 saturated carbocycles. The number of guanidine groups is 1. The van der Waals surface area contributed by atoms with E-state index in [0.717, 1.165) is 43.6 Å². The van der Waals surface area contributed by atoms with Gasteiger partial charge in [-0.3, -0.25) is 4.99 Å². The van der Waals surface area contributed by atoms with Crippen molar-refractivity contribution < 1.29 is 13.2 Å². The van der Waals surface area contributed by atoms with E-state index in [-0.39, 0.29) is 35.8 Å². The van der Waals surface area contributed by atoms with E-state index in [1.54, 1.807) is 38.4 Å². The fraction of sp³-hybridized carbons (Fsp3) is 0.435. The first kappa shape index (κ1) is 26.2. The van der Waals surface area contributed by atoms with Crippen molar-refractivity contribution in [2.45, 2.75) is 24.3 Å². The topological polar surface area (TPSA) is 74.2 Å². The molecule has 1 heterocycles. The quantitative estimate of drug-likeness (QED) is 0.312. The third kappa shape index (κ3) is 6.50. The van der Waals surface area contributed by atoms with E-state index in [2.05, 4.69) is 26.2 Å². The lowest BCUT2D eigenvalue weighted by atomic mass is 10.2. The number of para-hydroxylation sites is 2. The van der Waals surface area contributed by atoms with Gasteiger partial charge in [-0.25, -0.2) is 8.42 Å². The van der Waals surface area contributed by atoms with Crippen molar-refractivity contribution in [3.63, 3.8) is 0 Å². The lowest BCUT2D eigenvalue weighted by molar-refractivity contribution is 0.362. The highest BCUT2D eigenvalue weighted by molar-refractivity contribution is 14.0. The maximum atomic E-state index is 12.8. The molecule has 1 saturated heterocycles. The van der Waals surface area contributed by atoms with E-state index >= 15 is 0 Å². The van der Waals surface area contributed by atoms with Crippen LogP contribution in [0.25, 0.3) is 0 Å². The molecule has 1 aliphatic rings. The van der Waals surface area contributed by atoms with Gasteiger partial charge < -0.3 is 19.9 Å². The number of aliphatic imine (C=N–C) groups is 1.